The second-order valence-corrected chi connectivity index (χ2v) is 11.8. The molecule has 1 aromatic heterocycles. The molecule has 0 atom stereocenters. The highest BCUT2D eigenvalue weighted by Gasteiger charge is 2.31. The van der Waals surface area contributed by atoms with Crippen LogP contribution in [0.15, 0.2) is 71.2 Å². The van der Waals surface area contributed by atoms with Crippen molar-refractivity contribution in [3.63, 3.8) is 0 Å². The lowest BCUT2D eigenvalue weighted by Gasteiger charge is -2.40. The van der Waals surface area contributed by atoms with Crippen molar-refractivity contribution in [3.8, 4) is 5.69 Å². The highest BCUT2D eigenvalue weighted by molar-refractivity contribution is 9.10. The van der Waals surface area contributed by atoms with Crippen molar-refractivity contribution >= 4 is 38.6 Å². The molecule has 2 fully saturated rings. The topological polar surface area (TPSA) is 44.6 Å². The van der Waals surface area contributed by atoms with E-state index in [0.717, 1.165) is 85.7 Å². The smallest absolute Gasteiger partial charge is 0.225 e. The van der Waals surface area contributed by atoms with Gasteiger partial charge in [0.15, 0.2) is 0 Å². The number of rotatable bonds is 5. The van der Waals surface area contributed by atoms with Gasteiger partial charge >= 0.3 is 0 Å². The summed E-state index contributed by atoms with van der Waals surface area (Å²) in [6.45, 7) is 10.4. The van der Waals surface area contributed by atoms with E-state index in [9.17, 15) is 4.79 Å². The second-order valence-electron chi connectivity index (χ2n) is 10.9. The fraction of sp³-hybridized carbons (Fsp3) is 0.375. The summed E-state index contributed by atoms with van der Waals surface area (Å²) in [4.78, 5) is 25.4. The number of imidazole rings is 1. The Kier molecular flexibility index (Phi) is 7.45. The van der Waals surface area contributed by atoms with E-state index in [2.05, 4.69) is 110 Å². The Hall–Kier alpha value is -3.16. The van der Waals surface area contributed by atoms with Crippen molar-refractivity contribution in [2.75, 3.05) is 44.2 Å². The average Bonchev–Trinajstić information content (AvgIpc) is 3.33. The number of halogens is 1. The molecule has 202 valence electrons. The third kappa shape index (κ3) is 5.35. The zero-order chi connectivity index (χ0) is 26.9. The van der Waals surface area contributed by atoms with E-state index in [-0.39, 0.29) is 5.92 Å². The number of piperazine rings is 1. The fourth-order valence-corrected chi connectivity index (χ4v) is 6.37. The van der Waals surface area contributed by atoms with E-state index in [1.807, 2.05) is 6.07 Å². The van der Waals surface area contributed by atoms with Crippen LogP contribution in [0.1, 0.15) is 29.8 Å². The minimum atomic E-state index is 0.124. The third-order valence-corrected chi connectivity index (χ3v) is 9.05. The van der Waals surface area contributed by atoms with Gasteiger partial charge in [0.05, 0.1) is 17.6 Å². The number of aromatic nitrogens is 2. The number of para-hydroxylation sites is 2. The third-order valence-electron chi connectivity index (χ3n) is 8.52. The summed E-state index contributed by atoms with van der Waals surface area (Å²) in [6, 6.07) is 23.3. The highest BCUT2D eigenvalue weighted by Crippen LogP contribution is 2.28. The van der Waals surface area contributed by atoms with Gasteiger partial charge in [0, 0.05) is 47.9 Å². The summed E-state index contributed by atoms with van der Waals surface area (Å²) in [6.07, 6.45) is 1.82. The Morgan fingerprint density at radius 1 is 0.872 bits per heavy atom. The quantitative estimate of drug-likeness (QED) is 0.289. The Labute approximate surface area is 239 Å². The summed E-state index contributed by atoms with van der Waals surface area (Å²) in [7, 11) is 0. The molecule has 0 bridgehead atoms. The molecular weight excluding hydrogens is 550 g/mol. The van der Waals surface area contributed by atoms with Gasteiger partial charge in [0.1, 0.15) is 5.82 Å². The van der Waals surface area contributed by atoms with Gasteiger partial charge in [0.2, 0.25) is 5.91 Å². The Bertz CT molecular complexity index is 1460. The second kappa shape index (κ2) is 11.1. The van der Waals surface area contributed by atoms with Crippen molar-refractivity contribution in [1.29, 1.82) is 0 Å². The molecule has 6 nitrogen and oxygen atoms in total. The van der Waals surface area contributed by atoms with Crippen LogP contribution >= 0.6 is 15.9 Å². The molecule has 0 N–H and O–H groups in total. The molecule has 0 unspecified atom stereocenters. The van der Waals surface area contributed by atoms with Crippen LogP contribution in [0.4, 0.5) is 5.69 Å². The van der Waals surface area contributed by atoms with E-state index in [0.29, 0.717) is 5.91 Å². The SMILES string of the molecule is Cc1cccc(N2CCN(C(=O)C3CCN(Cc4nc5ccccc5n4-c4ccc(Br)cc4)CC3)CC2)c1C. The van der Waals surface area contributed by atoms with E-state index in [1.165, 1.54) is 16.8 Å². The van der Waals surface area contributed by atoms with E-state index in [1.54, 1.807) is 0 Å². The number of aryl methyl sites for hydroxylation is 1. The lowest BCUT2D eigenvalue weighted by atomic mass is 9.95. The number of carbonyl (C=O) groups excluding carboxylic acids is 1. The van der Waals surface area contributed by atoms with E-state index < -0.39 is 0 Å². The number of hydrogen-bond acceptors (Lipinski definition) is 4. The summed E-state index contributed by atoms with van der Waals surface area (Å²) in [5.74, 6) is 1.52. The molecule has 7 heteroatoms. The standard InChI is InChI=1S/C32H36BrN5O/c1-23-6-5-9-29(24(23)2)36-18-20-37(21-19-36)32(39)25-14-16-35(17-15-25)22-31-34-28-7-3-4-8-30(28)38(31)27-12-10-26(33)11-13-27/h3-13,25H,14-22H2,1-2H3. The van der Waals surface area contributed by atoms with Crippen molar-refractivity contribution in [1.82, 2.24) is 19.4 Å². The van der Waals surface area contributed by atoms with Crippen molar-refractivity contribution < 1.29 is 4.79 Å². The molecule has 39 heavy (non-hydrogen) atoms. The lowest BCUT2D eigenvalue weighted by molar-refractivity contribution is -0.137. The molecule has 2 aliphatic rings. The molecule has 0 radical (unpaired) electrons. The minimum absolute atomic E-state index is 0.124. The maximum absolute atomic E-state index is 13.4. The zero-order valence-corrected chi connectivity index (χ0v) is 24.4. The number of hydrogen-bond donors (Lipinski definition) is 0. The molecule has 3 heterocycles. The number of nitrogens with zero attached hydrogens (tertiary/aromatic N) is 5. The van der Waals surface area contributed by atoms with Crippen LogP contribution in [0.5, 0.6) is 0 Å². The summed E-state index contributed by atoms with van der Waals surface area (Å²) < 4.78 is 3.34. The van der Waals surface area contributed by atoms with Crippen LogP contribution in [0, 0.1) is 19.8 Å². The van der Waals surface area contributed by atoms with Gasteiger partial charge in [0.25, 0.3) is 0 Å². The van der Waals surface area contributed by atoms with Gasteiger partial charge in [-0.25, -0.2) is 4.98 Å². The normalized spacial score (nSPS) is 17.2. The van der Waals surface area contributed by atoms with Crippen LogP contribution in [-0.4, -0.2) is 64.5 Å². The monoisotopic (exact) mass is 585 g/mol. The van der Waals surface area contributed by atoms with Crippen LogP contribution in [0.2, 0.25) is 0 Å². The maximum atomic E-state index is 13.4. The molecule has 2 saturated heterocycles. The molecule has 2 aliphatic heterocycles. The van der Waals surface area contributed by atoms with Crippen LogP contribution in [0.3, 0.4) is 0 Å². The Morgan fingerprint density at radius 2 is 1.59 bits per heavy atom. The first-order valence-corrected chi connectivity index (χ1v) is 14.8. The summed E-state index contributed by atoms with van der Waals surface area (Å²) in [5.41, 5.74) is 7.24. The van der Waals surface area contributed by atoms with Gasteiger partial charge in [-0.2, -0.15) is 0 Å². The highest BCUT2D eigenvalue weighted by atomic mass is 79.9. The molecule has 0 saturated carbocycles. The van der Waals surface area contributed by atoms with Gasteiger partial charge in [-0.1, -0.05) is 40.2 Å². The molecule has 0 aliphatic carbocycles. The largest absolute Gasteiger partial charge is 0.368 e. The lowest BCUT2D eigenvalue weighted by Crippen LogP contribution is -2.51. The number of benzene rings is 3. The Morgan fingerprint density at radius 3 is 2.33 bits per heavy atom. The number of piperidine rings is 1. The van der Waals surface area contributed by atoms with Gasteiger partial charge in [-0.3, -0.25) is 14.3 Å². The van der Waals surface area contributed by atoms with Crippen molar-refractivity contribution in [2.24, 2.45) is 5.92 Å². The summed E-state index contributed by atoms with van der Waals surface area (Å²) >= 11 is 3.55. The van der Waals surface area contributed by atoms with Crippen LogP contribution in [0.25, 0.3) is 16.7 Å². The minimum Gasteiger partial charge on any atom is -0.368 e. The van der Waals surface area contributed by atoms with Crippen molar-refractivity contribution in [2.45, 2.75) is 33.2 Å². The molecule has 4 aromatic rings. The Balaban J connectivity index is 1.08. The van der Waals surface area contributed by atoms with Crippen molar-refractivity contribution in [3.05, 3.63) is 88.2 Å². The van der Waals surface area contributed by atoms with E-state index >= 15 is 0 Å². The van der Waals surface area contributed by atoms with Gasteiger partial charge in [-0.15, -0.1) is 0 Å². The number of likely N-dealkylation sites (tertiary alicyclic amines) is 1. The van der Waals surface area contributed by atoms with Crippen LogP contribution in [-0.2, 0) is 11.3 Å². The predicted molar refractivity (Wildman–Crippen MR) is 161 cm³/mol. The number of carbonyl (C=O) groups is 1. The van der Waals surface area contributed by atoms with Gasteiger partial charge < -0.3 is 9.80 Å². The first-order chi connectivity index (χ1) is 19.0. The average molecular weight is 587 g/mol. The molecule has 6 rings (SSSR count). The first-order valence-electron chi connectivity index (χ1n) is 14.0. The predicted octanol–water partition coefficient (Wildman–Crippen LogP) is 5.97. The van der Waals surface area contributed by atoms with Crippen LogP contribution < -0.4 is 4.90 Å². The molecule has 1 amide bonds. The first kappa shape index (κ1) is 26.1. The number of anilines is 1. The number of fused-ring (bicyclic) bond motifs is 1. The molecule has 0 spiro atoms. The fourth-order valence-electron chi connectivity index (χ4n) is 6.10. The molecule has 3 aromatic carbocycles. The number of amides is 1. The molecular formula is C32H36BrN5O. The van der Waals surface area contributed by atoms with Gasteiger partial charge in [-0.05, 0) is 93.4 Å². The van der Waals surface area contributed by atoms with E-state index in [4.69, 9.17) is 4.98 Å². The summed E-state index contributed by atoms with van der Waals surface area (Å²) in [5, 5.41) is 0. The zero-order valence-electron chi connectivity index (χ0n) is 22.8. The maximum Gasteiger partial charge on any atom is 0.225 e.